The van der Waals surface area contributed by atoms with Crippen LogP contribution in [0.15, 0.2) is 30.3 Å². The molecule has 0 bridgehead atoms. The molecule has 2 rings (SSSR count). The fraction of sp³-hybridized carbons (Fsp3) is 0.429. The minimum absolute atomic E-state index is 0.366. The fourth-order valence-electron chi connectivity index (χ4n) is 2.25. The number of benzene rings is 1. The predicted octanol–water partition coefficient (Wildman–Crippen LogP) is 2.14. The summed E-state index contributed by atoms with van der Waals surface area (Å²) in [7, 11) is 0. The third kappa shape index (κ3) is 2.76. The van der Waals surface area contributed by atoms with E-state index in [0.29, 0.717) is 18.6 Å². The molecule has 0 radical (unpaired) electrons. The lowest BCUT2D eigenvalue weighted by Crippen LogP contribution is -2.38. The Balaban J connectivity index is 2.19. The van der Waals surface area contributed by atoms with Crippen molar-refractivity contribution in [3.8, 4) is 0 Å². The van der Waals surface area contributed by atoms with Crippen LogP contribution in [-0.2, 0) is 9.53 Å². The van der Waals surface area contributed by atoms with E-state index in [-0.39, 0.29) is 5.78 Å². The minimum atomic E-state index is -1.10. The van der Waals surface area contributed by atoms with E-state index in [1.807, 2.05) is 0 Å². The summed E-state index contributed by atoms with van der Waals surface area (Å²) in [4.78, 5) is 23.5. The van der Waals surface area contributed by atoms with Crippen LogP contribution >= 0.6 is 0 Å². The zero-order valence-electron chi connectivity index (χ0n) is 10.0. The van der Waals surface area contributed by atoms with E-state index in [2.05, 4.69) is 0 Å². The molecule has 0 saturated carbocycles. The second-order valence-electron chi connectivity index (χ2n) is 4.45. The fourth-order valence-corrected chi connectivity index (χ4v) is 2.25. The van der Waals surface area contributed by atoms with Crippen molar-refractivity contribution in [2.24, 2.45) is 5.92 Å². The third-order valence-corrected chi connectivity index (χ3v) is 3.19. The van der Waals surface area contributed by atoms with Crippen LogP contribution < -0.4 is 0 Å². The molecule has 1 heterocycles. The topological polar surface area (TPSA) is 63.6 Å². The van der Waals surface area contributed by atoms with Crippen molar-refractivity contribution in [1.82, 2.24) is 0 Å². The first-order valence-corrected chi connectivity index (χ1v) is 6.14. The van der Waals surface area contributed by atoms with Crippen molar-refractivity contribution in [2.75, 3.05) is 6.61 Å². The quantitative estimate of drug-likeness (QED) is 0.655. The van der Waals surface area contributed by atoms with Gasteiger partial charge in [-0.05, 0) is 19.3 Å². The van der Waals surface area contributed by atoms with E-state index in [1.54, 1.807) is 30.3 Å². The highest BCUT2D eigenvalue weighted by Gasteiger charge is 2.36. The number of hydrogen-bond donors (Lipinski definition) is 1. The number of aliphatic carboxylic acids is 1. The summed E-state index contributed by atoms with van der Waals surface area (Å²) in [5, 5.41) is 9.26. The summed E-state index contributed by atoms with van der Waals surface area (Å²) in [5.41, 5.74) is 0.430. The van der Waals surface area contributed by atoms with Gasteiger partial charge in [-0.15, -0.1) is 0 Å². The second kappa shape index (κ2) is 5.78. The first kappa shape index (κ1) is 12.8. The van der Waals surface area contributed by atoms with Crippen molar-refractivity contribution in [2.45, 2.75) is 25.4 Å². The number of carboxylic acid groups (broad SMARTS) is 1. The average Bonchev–Trinajstić information content (AvgIpc) is 2.40. The van der Waals surface area contributed by atoms with E-state index in [4.69, 9.17) is 4.74 Å². The van der Waals surface area contributed by atoms with Gasteiger partial charge in [0.05, 0.1) is 6.10 Å². The number of ketones is 1. The van der Waals surface area contributed by atoms with Crippen LogP contribution in [0.3, 0.4) is 0 Å². The number of carboxylic acids is 1. The first-order chi connectivity index (χ1) is 8.70. The number of ether oxygens (including phenoxy) is 1. The molecule has 0 spiro atoms. The third-order valence-electron chi connectivity index (χ3n) is 3.19. The van der Waals surface area contributed by atoms with Crippen molar-refractivity contribution < 1.29 is 19.4 Å². The number of carbonyl (C=O) groups excluding carboxylic acids is 1. The van der Waals surface area contributed by atoms with Gasteiger partial charge >= 0.3 is 5.97 Å². The van der Waals surface area contributed by atoms with E-state index < -0.39 is 18.0 Å². The molecule has 1 N–H and O–H groups in total. The van der Waals surface area contributed by atoms with Gasteiger partial charge in [-0.1, -0.05) is 30.3 Å². The van der Waals surface area contributed by atoms with Crippen LogP contribution in [0.1, 0.15) is 29.6 Å². The molecule has 0 aliphatic carbocycles. The molecule has 4 nitrogen and oxygen atoms in total. The summed E-state index contributed by atoms with van der Waals surface area (Å²) in [5.74, 6) is -2.56. The Morgan fingerprint density at radius 2 is 1.94 bits per heavy atom. The highest BCUT2D eigenvalue weighted by Crippen LogP contribution is 2.23. The van der Waals surface area contributed by atoms with Crippen LogP contribution in [0.2, 0.25) is 0 Å². The molecule has 96 valence electrons. The summed E-state index contributed by atoms with van der Waals surface area (Å²) < 4.78 is 5.44. The van der Waals surface area contributed by atoms with Gasteiger partial charge in [0.25, 0.3) is 0 Å². The Labute approximate surface area is 106 Å². The summed E-state index contributed by atoms with van der Waals surface area (Å²) >= 11 is 0. The van der Waals surface area contributed by atoms with Crippen molar-refractivity contribution in [3.63, 3.8) is 0 Å². The molecule has 1 fully saturated rings. The maximum Gasteiger partial charge on any atom is 0.317 e. The molecule has 2 unspecified atom stereocenters. The molecule has 18 heavy (non-hydrogen) atoms. The molecule has 1 aliphatic heterocycles. The van der Waals surface area contributed by atoms with Gasteiger partial charge in [0.15, 0.2) is 5.78 Å². The molecule has 1 saturated heterocycles. The lowest BCUT2D eigenvalue weighted by atomic mass is 9.89. The normalized spacial score (nSPS) is 21.2. The Kier molecular flexibility index (Phi) is 4.10. The van der Waals surface area contributed by atoms with Gasteiger partial charge < -0.3 is 9.84 Å². The predicted molar refractivity (Wildman–Crippen MR) is 65.5 cm³/mol. The molecule has 2 atom stereocenters. The van der Waals surface area contributed by atoms with Gasteiger partial charge in [0.1, 0.15) is 5.92 Å². The standard InChI is InChI=1S/C14H16O4/c15-13(10-6-2-1-3-7-10)12(14(16)17)11-8-4-5-9-18-11/h1-3,6-7,11-12H,4-5,8-9H2,(H,16,17). The number of carbonyl (C=O) groups is 2. The lowest BCUT2D eigenvalue weighted by molar-refractivity contribution is -0.146. The molecule has 1 aliphatic rings. The molecular formula is C14H16O4. The van der Waals surface area contributed by atoms with Gasteiger partial charge in [-0.25, -0.2) is 0 Å². The monoisotopic (exact) mass is 248 g/mol. The van der Waals surface area contributed by atoms with E-state index in [1.165, 1.54) is 0 Å². The zero-order chi connectivity index (χ0) is 13.0. The van der Waals surface area contributed by atoms with E-state index in [0.717, 1.165) is 12.8 Å². The average molecular weight is 248 g/mol. The lowest BCUT2D eigenvalue weighted by Gasteiger charge is -2.27. The Morgan fingerprint density at radius 1 is 1.22 bits per heavy atom. The van der Waals surface area contributed by atoms with Crippen LogP contribution in [0, 0.1) is 5.92 Å². The molecule has 1 aromatic rings. The van der Waals surface area contributed by atoms with Crippen LogP contribution in [0.5, 0.6) is 0 Å². The van der Waals surface area contributed by atoms with Gasteiger partial charge in [0, 0.05) is 12.2 Å². The maximum atomic E-state index is 12.2. The highest BCUT2D eigenvalue weighted by molar-refractivity contribution is 6.08. The Bertz CT molecular complexity index is 421. The summed E-state index contributed by atoms with van der Waals surface area (Å²) in [6, 6.07) is 8.54. The van der Waals surface area contributed by atoms with E-state index in [9.17, 15) is 14.7 Å². The zero-order valence-corrected chi connectivity index (χ0v) is 10.0. The van der Waals surface area contributed by atoms with Crippen molar-refractivity contribution >= 4 is 11.8 Å². The Hall–Kier alpha value is -1.68. The molecule has 1 aromatic carbocycles. The largest absolute Gasteiger partial charge is 0.481 e. The molecule has 0 amide bonds. The maximum absolute atomic E-state index is 12.2. The SMILES string of the molecule is O=C(O)C(C(=O)c1ccccc1)C1CCCCO1. The minimum Gasteiger partial charge on any atom is -0.481 e. The number of hydrogen-bond acceptors (Lipinski definition) is 3. The molecule has 0 aromatic heterocycles. The van der Waals surface area contributed by atoms with Gasteiger partial charge in [-0.3, -0.25) is 9.59 Å². The van der Waals surface area contributed by atoms with Crippen LogP contribution in [0.25, 0.3) is 0 Å². The number of Topliss-reactive ketones (excluding diaryl/α,β-unsaturated/α-hetero) is 1. The van der Waals surface area contributed by atoms with Crippen LogP contribution in [0.4, 0.5) is 0 Å². The number of rotatable bonds is 4. The Morgan fingerprint density at radius 3 is 2.50 bits per heavy atom. The van der Waals surface area contributed by atoms with Crippen LogP contribution in [-0.4, -0.2) is 29.6 Å². The smallest absolute Gasteiger partial charge is 0.317 e. The summed E-state index contributed by atoms with van der Waals surface area (Å²) in [6.45, 7) is 0.538. The second-order valence-corrected chi connectivity index (χ2v) is 4.45. The first-order valence-electron chi connectivity index (χ1n) is 6.14. The van der Waals surface area contributed by atoms with Crippen molar-refractivity contribution in [3.05, 3.63) is 35.9 Å². The van der Waals surface area contributed by atoms with E-state index >= 15 is 0 Å². The molecule has 4 heteroatoms. The van der Waals surface area contributed by atoms with Crippen molar-refractivity contribution in [1.29, 1.82) is 0 Å². The van der Waals surface area contributed by atoms with Gasteiger partial charge in [0.2, 0.25) is 0 Å². The highest BCUT2D eigenvalue weighted by atomic mass is 16.5. The molecular weight excluding hydrogens is 232 g/mol. The summed E-state index contributed by atoms with van der Waals surface area (Å²) in [6.07, 6.45) is 1.98. The van der Waals surface area contributed by atoms with Gasteiger partial charge in [-0.2, -0.15) is 0 Å².